The summed E-state index contributed by atoms with van der Waals surface area (Å²) in [6.45, 7) is 0.955. The molecule has 26 heavy (non-hydrogen) atoms. The zero-order valence-corrected chi connectivity index (χ0v) is 15.1. The van der Waals surface area contributed by atoms with Crippen LogP contribution in [0.15, 0.2) is 24.3 Å². The number of methoxy groups -OCH3 is 1. The summed E-state index contributed by atoms with van der Waals surface area (Å²) in [5, 5.41) is 18.7. The first-order valence-electron chi connectivity index (χ1n) is 9.24. The summed E-state index contributed by atoms with van der Waals surface area (Å²) >= 11 is 0. The van der Waals surface area contributed by atoms with Crippen molar-refractivity contribution in [2.75, 3.05) is 7.11 Å². The predicted octanol–water partition coefficient (Wildman–Crippen LogP) is 2.91. The molecule has 4 saturated carbocycles. The molecule has 6 nitrogen and oxygen atoms in total. The van der Waals surface area contributed by atoms with Gasteiger partial charge in [0.15, 0.2) is 0 Å². The largest absolute Gasteiger partial charge is 0.496 e. The molecule has 0 atom stereocenters. The molecule has 4 aliphatic carbocycles. The maximum Gasteiger partial charge on any atom is 0.414 e. The summed E-state index contributed by atoms with van der Waals surface area (Å²) in [6.07, 6.45) is 8.76. The molecule has 4 bridgehead atoms. The van der Waals surface area contributed by atoms with Gasteiger partial charge in [0, 0.05) is 17.6 Å². The van der Waals surface area contributed by atoms with Crippen LogP contribution >= 0.6 is 0 Å². The Bertz CT molecular complexity index is 625. The SMILES string of the molecule is COc1ccccc1CNC12CC3CC(CC(C3)C1)C2.O=C(O)C(=O)O. The first-order chi connectivity index (χ1) is 12.4. The van der Waals surface area contributed by atoms with E-state index >= 15 is 0 Å². The van der Waals surface area contributed by atoms with Crippen LogP contribution in [0.4, 0.5) is 0 Å². The van der Waals surface area contributed by atoms with Gasteiger partial charge in [-0.15, -0.1) is 0 Å². The van der Waals surface area contributed by atoms with Gasteiger partial charge in [0.25, 0.3) is 0 Å². The lowest BCUT2D eigenvalue weighted by molar-refractivity contribution is -0.159. The monoisotopic (exact) mass is 361 g/mol. The van der Waals surface area contributed by atoms with Gasteiger partial charge < -0.3 is 20.3 Å². The van der Waals surface area contributed by atoms with Crippen LogP contribution in [0.25, 0.3) is 0 Å². The molecular formula is C20H27NO5. The van der Waals surface area contributed by atoms with Crippen LogP contribution in [0, 0.1) is 17.8 Å². The van der Waals surface area contributed by atoms with Crippen molar-refractivity contribution < 1.29 is 24.5 Å². The van der Waals surface area contributed by atoms with E-state index in [9.17, 15) is 0 Å². The Morgan fingerprint density at radius 2 is 1.54 bits per heavy atom. The zero-order chi connectivity index (χ0) is 18.7. The first-order valence-corrected chi connectivity index (χ1v) is 9.24. The Labute approximate surface area is 153 Å². The van der Waals surface area contributed by atoms with Gasteiger partial charge in [-0.2, -0.15) is 0 Å². The summed E-state index contributed by atoms with van der Waals surface area (Å²) in [5.41, 5.74) is 1.74. The zero-order valence-electron chi connectivity index (χ0n) is 15.1. The van der Waals surface area contributed by atoms with Crippen molar-refractivity contribution in [2.24, 2.45) is 17.8 Å². The Hall–Kier alpha value is -2.08. The molecule has 0 unspecified atom stereocenters. The van der Waals surface area contributed by atoms with Crippen LogP contribution in [0.2, 0.25) is 0 Å². The molecule has 0 spiro atoms. The number of carbonyl (C=O) groups is 2. The number of para-hydroxylation sites is 1. The van der Waals surface area contributed by atoms with E-state index in [1.165, 1.54) is 44.1 Å². The Kier molecular flexibility index (Phi) is 5.51. The van der Waals surface area contributed by atoms with Crippen molar-refractivity contribution in [2.45, 2.75) is 50.6 Å². The molecule has 4 aliphatic rings. The highest BCUT2D eigenvalue weighted by Crippen LogP contribution is 2.55. The lowest BCUT2D eigenvalue weighted by Gasteiger charge is -2.57. The fourth-order valence-corrected chi connectivity index (χ4v) is 5.46. The fraction of sp³-hybridized carbons (Fsp3) is 0.600. The van der Waals surface area contributed by atoms with Gasteiger partial charge in [0.1, 0.15) is 5.75 Å². The summed E-state index contributed by atoms with van der Waals surface area (Å²) in [4.78, 5) is 18.2. The van der Waals surface area contributed by atoms with E-state index in [1.54, 1.807) is 7.11 Å². The van der Waals surface area contributed by atoms with E-state index < -0.39 is 11.9 Å². The Morgan fingerprint density at radius 3 is 2.00 bits per heavy atom. The second kappa shape index (κ2) is 7.66. The van der Waals surface area contributed by atoms with E-state index in [0.717, 1.165) is 30.0 Å². The number of hydrogen-bond donors (Lipinski definition) is 3. The van der Waals surface area contributed by atoms with Gasteiger partial charge in [0.05, 0.1) is 7.11 Å². The smallest absolute Gasteiger partial charge is 0.414 e. The minimum Gasteiger partial charge on any atom is -0.496 e. The van der Waals surface area contributed by atoms with Crippen LogP contribution in [0.1, 0.15) is 44.1 Å². The van der Waals surface area contributed by atoms with Crippen LogP contribution in [0.5, 0.6) is 5.75 Å². The minimum absolute atomic E-state index is 0.440. The van der Waals surface area contributed by atoms with Gasteiger partial charge in [-0.1, -0.05) is 18.2 Å². The van der Waals surface area contributed by atoms with Crippen LogP contribution in [0.3, 0.4) is 0 Å². The number of rotatable bonds is 4. The molecule has 0 aromatic heterocycles. The van der Waals surface area contributed by atoms with Crippen molar-refractivity contribution in [3.8, 4) is 5.75 Å². The topological polar surface area (TPSA) is 95.9 Å². The minimum atomic E-state index is -1.82. The molecule has 0 saturated heterocycles. The van der Waals surface area contributed by atoms with Gasteiger partial charge >= 0.3 is 11.9 Å². The average Bonchev–Trinajstić information content (AvgIpc) is 2.59. The molecule has 4 fully saturated rings. The van der Waals surface area contributed by atoms with Crippen molar-refractivity contribution >= 4 is 11.9 Å². The predicted molar refractivity (Wildman–Crippen MR) is 96.0 cm³/mol. The number of aliphatic carboxylic acids is 2. The summed E-state index contributed by atoms with van der Waals surface area (Å²) in [7, 11) is 1.77. The Morgan fingerprint density at radius 1 is 1.04 bits per heavy atom. The second-order valence-corrected chi connectivity index (χ2v) is 7.97. The molecule has 142 valence electrons. The number of carboxylic acid groups (broad SMARTS) is 2. The van der Waals surface area contributed by atoms with Crippen LogP contribution in [-0.4, -0.2) is 34.8 Å². The van der Waals surface area contributed by atoms with Gasteiger partial charge in [-0.3, -0.25) is 0 Å². The normalized spacial score (nSPS) is 31.0. The highest BCUT2D eigenvalue weighted by atomic mass is 16.5. The summed E-state index contributed by atoms with van der Waals surface area (Å²) in [6, 6.07) is 8.41. The number of nitrogens with one attached hydrogen (secondary N) is 1. The van der Waals surface area contributed by atoms with Crippen LogP contribution in [-0.2, 0) is 16.1 Å². The quantitative estimate of drug-likeness (QED) is 0.714. The summed E-state index contributed by atoms with van der Waals surface area (Å²) < 4.78 is 5.48. The van der Waals surface area contributed by atoms with Crippen LogP contribution < -0.4 is 10.1 Å². The van der Waals surface area contributed by atoms with E-state index in [0.29, 0.717) is 5.54 Å². The molecule has 0 aliphatic heterocycles. The molecular weight excluding hydrogens is 334 g/mol. The van der Waals surface area contributed by atoms with E-state index in [4.69, 9.17) is 24.5 Å². The molecule has 0 radical (unpaired) electrons. The third kappa shape index (κ3) is 4.18. The van der Waals surface area contributed by atoms with Gasteiger partial charge in [-0.25, -0.2) is 9.59 Å². The fourth-order valence-electron chi connectivity index (χ4n) is 5.46. The standard InChI is InChI=1S/C18H25NO.C2H2O4/c1-20-17-5-3-2-4-16(17)12-19-18-9-13-6-14(10-18)8-15(7-13)11-18;3-1(4)2(5)6/h2-5,13-15,19H,6-12H2,1H3;(H,3,4)(H,5,6). The van der Waals surface area contributed by atoms with Crippen molar-refractivity contribution in [3.05, 3.63) is 29.8 Å². The summed E-state index contributed by atoms with van der Waals surface area (Å²) in [5.74, 6) is 0.388. The number of benzene rings is 1. The Balaban J connectivity index is 0.000000286. The second-order valence-electron chi connectivity index (χ2n) is 7.97. The maximum absolute atomic E-state index is 9.10. The number of ether oxygens (including phenoxy) is 1. The molecule has 0 amide bonds. The van der Waals surface area contributed by atoms with Gasteiger partial charge in [-0.05, 0) is 62.3 Å². The number of hydrogen-bond acceptors (Lipinski definition) is 4. The lowest BCUT2D eigenvalue weighted by atomic mass is 9.53. The maximum atomic E-state index is 9.10. The van der Waals surface area contributed by atoms with E-state index in [1.807, 2.05) is 6.07 Å². The molecule has 1 aromatic rings. The van der Waals surface area contributed by atoms with Crippen molar-refractivity contribution in [1.29, 1.82) is 0 Å². The number of carboxylic acids is 2. The highest BCUT2D eigenvalue weighted by molar-refractivity contribution is 6.27. The van der Waals surface area contributed by atoms with E-state index in [2.05, 4.69) is 23.5 Å². The third-order valence-corrected chi connectivity index (χ3v) is 6.07. The lowest BCUT2D eigenvalue weighted by Crippen LogP contribution is -2.58. The van der Waals surface area contributed by atoms with Gasteiger partial charge in [0.2, 0.25) is 0 Å². The molecule has 0 heterocycles. The average molecular weight is 361 g/mol. The highest BCUT2D eigenvalue weighted by Gasteiger charge is 2.50. The first kappa shape index (κ1) is 18.7. The van der Waals surface area contributed by atoms with Crippen molar-refractivity contribution in [1.82, 2.24) is 5.32 Å². The molecule has 6 heteroatoms. The third-order valence-electron chi connectivity index (χ3n) is 6.07. The van der Waals surface area contributed by atoms with Crippen molar-refractivity contribution in [3.63, 3.8) is 0 Å². The van der Waals surface area contributed by atoms with E-state index in [-0.39, 0.29) is 0 Å². The molecule has 3 N–H and O–H groups in total. The molecule has 5 rings (SSSR count). The molecule has 1 aromatic carbocycles.